The van der Waals surface area contributed by atoms with Crippen LogP contribution in [0.3, 0.4) is 0 Å². The van der Waals surface area contributed by atoms with E-state index in [4.69, 9.17) is 5.73 Å². The lowest BCUT2D eigenvalue weighted by Crippen LogP contribution is -2.36. The van der Waals surface area contributed by atoms with Gasteiger partial charge in [-0.25, -0.2) is 4.39 Å². The first kappa shape index (κ1) is 14.5. The van der Waals surface area contributed by atoms with Crippen LogP contribution in [0, 0.1) is 5.82 Å². The van der Waals surface area contributed by atoms with Crippen LogP contribution in [-0.4, -0.2) is 12.5 Å². The van der Waals surface area contributed by atoms with Crippen LogP contribution in [0.25, 0.3) is 0 Å². The Kier molecular flexibility index (Phi) is 3.99. The highest BCUT2D eigenvalue weighted by molar-refractivity contribution is 9.11. The van der Waals surface area contributed by atoms with Gasteiger partial charge in [0, 0.05) is 8.95 Å². The van der Waals surface area contributed by atoms with E-state index in [2.05, 4.69) is 36.9 Å². The SMILES string of the molecule is NC1=NCC(c2ccc(F)cc2Br)N1c1ccccc1Br. The maximum atomic E-state index is 13.3. The number of aliphatic imine (C=N–C) groups is 1. The van der Waals surface area contributed by atoms with Gasteiger partial charge in [0.2, 0.25) is 0 Å². The topological polar surface area (TPSA) is 41.6 Å². The zero-order valence-corrected chi connectivity index (χ0v) is 14.1. The molecule has 1 atom stereocenters. The number of nitrogens with zero attached hydrogens (tertiary/aromatic N) is 2. The third-order valence-electron chi connectivity index (χ3n) is 3.42. The van der Waals surface area contributed by atoms with E-state index in [-0.39, 0.29) is 11.9 Å². The highest BCUT2D eigenvalue weighted by atomic mass is 79.9. The molecule has 1 unspecified atom stereocenters. The van der Waals surface area contributed by atoms with Crippen molar-refractivity contribution in [3.8, 4) is 0 Å². The predicted octanol–water partition coefficient (Wildman–Crippen LogP) is 4.23. The second kappa shape index (κ2) is 5.77. The lowest BCUT2D eigenvalue weighted by molar-refractivity contribution is 0.624. The summed E-state index contributed by atoms with van der Waals surface area (Å²) in [7, 11) is 0. The molecule has 1 aliphatic heterocycles. The van der Waals surface area contributed by atoms with Gasteiger partial charge < -0.3 is 10.6 Å². The van der Waals surface area contributed by atoms with Crippen LogP contribution < -0.4 is 10.6 Å². The first-order chi connectivity index (χ1) is 10.1. The molecule has 0 aromatic heterocycles. The number of benzene rings is 2. The van der Waals surface area contributed by atoms with E-state index in [0.29, 0.717) is 12.5 Å². The lowest BCUT2D eigenvalue weighted by atomic mass is 10.1. The van der Waals surface area contributed by atoms with Crippen LogP contribution in [0.5, 0.6) is 0 Å². The van der Waals surface area contributed by atoms with Crippen molar-refractivity contribution in [2.75, 3.05) is 11.4 Å². The molecule has 2 N–H and O–H groups in total. The Labute approximate surface area is 138 Å². The molecule has 0 bridgehead atoms. The van der Waals surface area contributed by atoms with Crippen molar-refractivity contribution in [2.24, 2.45) is 10.7 Å². The second-order valence-electron chi connectivity index (χ2n) is 4.70. The zero-order valence-electron chi connectivity index (χ0n) is 10.9. The molecule has 1 heterocycles. The van der Waals surface area contributed by atoms with Crippen molar-refractivity contribution < 1.29 is 4.39 Å². The number of para-hydroxylation sites is 1. The summed E-state index contributed by atoms with van der Waals surface area (Å²) in [6.07, 6.45) is 0. The van der Waals surface area contributed by atoms with E-state index in [1.165, 1.54) is 12.1 Å². The Morgan fingerprint density at radius 2 is 1.90 bits per heavy atom. The normalized spacial score (nSPS) is 18.0. The Hall–Kier alpha value is -1.40. The minimum absolute atomic E-state index is 0.0568. The number of hydrogen-bond donors (Lipinski definition) is 1. The Bertz CT molecular complexity index is 718. The van der Waals surface area contributed by atoms with Crippen LogP contribution in [0.2, 0.25) is 0 Å². The van der Waals surface area contributed by atoms with Crippen LogP contribution in [0.15, 0.2) is 56.4 Å². The second-order valence-corrected chi connectivity index (χ2v) is 6.41. The molecular formula is C15H12Br2FN3. The fourth-order valence-corrected chi connectivity index (χ4v) is 3.54. The highest BCUT2D eigenvalue weighted by Gasteiger charge is 2.31. The summed E-state index contributed by atoms with van der Waals surface area (Å²) in [4.78, 5) is 6.30. The Morgan fingerprint density at radius 3 is 2.62 bits per heavy atom. The molecule has 0 radical (unpaired) electrons. The summed E-state index contributed by atoms with van der Waals surface area (Å²) in [5, 5.41) is 0. The van der Waals surface area contributed by atoms with E-state index >= 15 is 0 Å². The van der Waals surface area contributed by atoms with E-state index in [1.807, 2.05) is 29.2 Å². The van der Waals surface area contributed by atoms with Gasteiger partial charge in [-0.15, -0.1) is 0 Å². The fraction of sp³-hybridized carbons (Fsp3) is 0.133. The quantitative estimate of drug-likeness (QED) is 0.801. The number of guanidine groups is 1. The maximum absolute atomic E-state index is 13.3. The minimum atomic E-state index is -0.273. The molecule has 3 rings (SSSR count). The van der Waals surface area contributed by atoms with Crippen LogP contribution >= 0.6 is 31.9 Å². The van der Waals surface area contributed by atoms with Crippen molar-refractivity contribution >= 4 is 43.5 Å². The largest absolute Gasteiger partial charge is 0.369 e. The number of rotatable bonds is 2. The summed E-state index contributed by atoms with van der Waals surface area (Å²) < 4.78 is 14.9. The standard InChI is InChI=1S/C15H12Br2FN3/c16-11-3-1-2-4-13(11)21-14(8-20-15(21)19)10-6-5-9(18)7-12(10)17/h1-7,14H,8H2,(H2,19,20). The molecule has 0 fully saturated rings. The molecule has 0 spiro atoms. The summed E-state index contributed by atoms with van der Waals surface area (Å²) in [6.45, 7) is 0.539. The van der Waals surface area contributed by atoms with Crippen LogP contribution in [-0.2, 0) is 0 Å². The van der Waals surface area contributed by atoms with Gasteiger partial charge in [-0.1, -0.05) is 34.1 Å². The van der Waals surface area contributed by atoms with Gasteiger partial charge in [-0.3, -0.25) is 4.99 Å². The summed E-state index contributed by atoms with van der Waals surface area (Å²) in [6, 6.07) is 12.4. The lowest BCUT2D eigenvalue weighted by Gasteiger charge is -2.28. The molecule has 2 aromatic carbocycles. The van der Waals surface area contributed by atoms with Crippen molar-refractivity contribution in [3.05, 3.63) is 62.8 Å². The minimum Gasteiger partial charge on any atom is -0.369 e. The van der Waals surface area contributed by atoms with Gasteiger partial charge >= 0.3 is 0 Å². The maximum Gasteiger partial charge on any atom is 0.196 e. The summed E-state index contributed by atoms with van der Waals surface area (Å²) in [5.41, 5.74) is 7.95. The van der Waals surface area contributed by atoms with Gasteiger partial charge in [0.1, 0.15) is 5.82 Å². The molecule has 6 heteroatoms. The molecule has 0 amide bonds. The van der Waals surface area contributed by atoms with E-state index in [1.54, 1.807) is 6.07 Å². The Balaban J connectivity index is 2.05. The number of hydrogen-bond acceptors (Lipinski definition) is 3. The van der Waals surface area contributed by atoms with Crippen molar-refractivity contribution in [1.82, 2.24) is 0 Å². The number of nitrogens with two attached hydrogens (primary N) is 1. The molecule has 21 heavy (non-hydrogen) atoms. The molecule has 3 nitrogen and oxygen atoms in total. The number of anilines is 1. The Morgan fingerprint density at radius 1 is 1.14 bits per heavy atom. The van der Waals surface area contributed by atoms with Crippen molar-refractivity contribution in [3.63, 3.8) is 0 Å². The first-order valence-electron chi connectivity index (χ1n) is 6.36. The molecule has 0 saturated heterocycles. The number of halogens is 3. The van der Waals surface area contributed by atoms with Gasteiger partial charge in [0.25, 0.3) is 0 Å². The van der Waals surface area contributed by atoms with Gasteiger partial charge in [-0.2, -0.15) is 0 Å². The van der Waals surface area contributed by atoms with Crippen LogP contribution in [0.4, 0.5) is 10.1 Å². The molecule has 108 valence electrons. The molecule has 1 aliphatic rings. The third-order valence-corrected chi connectivity index (χ3v) is 4.78. The first-order valence-corrected chi connectivity index (χ1v) is 7.95. The van der Waals surface area contributed by atoms with Gasteiger partial charge in [0.15, 0.2) is 5.96 Å². The highest BCUT2D eigenvalue weighted by Crippen LogP contribution is 2.37. The van der Waals surface area contributed by atoms with E-state index in [9.17, 15) is 4.39 Å². The van der Waals surface area contributed by atoms with Gasteiger partial charge in [-0.05, 0) is 45.8 Å². The zero-order chi connectivity index (χ0) is 15.0. The fourth-order valence-electron chi connectivity index (χ4n) is 2.45. The molecule has 0 saturated carbocycles. The molecule has 2 aromatic rings. The van der Waals surface area contributed by atoms with Crippen molar-refractivity contribution in [1.29, 1.82) is 0 Å². The van der Waals surface area contributed by atoms with Gasteiger partial charge in [0.05, 0.1) is 18.3 Å². The third kappa shape index (κ3) is 2.70. The van der Waals surface area contributed by atoms with Crippen LogP contribution in [0.1, 0.15) is 11.6 Å². The van der Waals surface area contributed by atoms with E-state index in [0.717, 1.165) is 20.2 Å². The summed E-state index contributed by atoms with van der Waals surface area (Å²) >= 11 is 6.97. The molecule has 0 aliphatic carbocycles. The monoisotopic (exact) mass is 411 g/mol. The molecular weight excluding hydrogens is 401 g/mol. The van der Waals surface area contributed by atoms with E-state index < -0.39 is 0 Å². The van der Waals surface area contributed by atoms with Crippen molar-refractivity contribution in [2.45, 2.75) is 6.04 Å². The smallest absolute Gasteiger partial charge is 0.196 e. The average Bonchev–Trinajstić information content (AvgIpc) is 2.81. The predicted molar refractivity (Wildman–Crippen MR) is 90.0 cm³/mol. The average molecular weight is 413 g/mol. The summed E-state index contributed by atoms with van der Waals surface area (Å²) in [5.74, 6) is 0.188.